The van der Waals surface area contributed by atoms with Crippen LogP contribution in [0.15, 0.2) is 35.3 Å². The van der Waals surface area contributed by atoms with Crippen molar-refractivity contribution in [2.24, 2.45) is 0 Å². The summed E-state index contributed by atoms with van der Waals surface area (Å²) in [6.45, 7) is 0. The fourth-order valence-electron chi connectivity index (χ4n) is 1.41. The van der Waals surface area contributed by atoms with Crippen LogP contribution in [0.2, 0.25) is 10.0 Å². The fourth-order valence-corrected chi connectivity index (χ4v) is 1.66. The van der Waals surface area contributed by atoms with Gasteiger partial charge in [-0.2, -0.15) is 23.0 Å². The SMILES string of the molecule is O=c1c(Cl)c(Cl)cnn1-c1cccc(C(F)(F)F)c1. The third-order valence-corrected chi connectivity index (χ3v) is 3.04. The number of hydrogen-bond acceptors (Lipinski definition) is 2. The fraction of sp³-hybridized carbons (Fsp3) is 0.0909. The molecule has 0 aliphatic heterocycles. The summed E-state index contributed by atoms with van der Waals surface area (Å²) in [5, 5.41) is 3.30. The molecule has 0 saturated carbocycles. The van der Waals surface area contributed by atoms with Gasteiger partial charge in [-0.05, 0) is 18.2 Å². The molecule has 0 N–H and O–H groups in total. The van der Waals surface area contributed by atoms with E-state index in [1.54, 1.807) is 0 Å². The first-order valence-electron chi connectivity index (χ1n) is 4.91. The quantitative estimate of drug-likeness (QED) is 0.807. The summed E-state index contributed by atoms with van der Waals surface area (Å²) in [7, 11) is 0. The Kier molecular flexibility index (Phi) is 3.56. The molecule has 0 spiro atoms. The van der Waals surface area contributed by atoms with Crippen LogP contribution in [-0.4, -0.2) is 9.78 Å². The molecule has 0 saturated heterocycles. The van der Waals surface area contributed by atoms with Crippen LogP contribution in [-0.2, 0) is 6.18 Å². The van der Waals surface area contributed by atoms with Gasteiger partial charge in [-0.15, -0.1) is 0 Å². The average molecular weight is 309 g/mol. The highest BCUT2D eigenvalue weighted by molar-refractivity contribution is 6.41. The maximum atomic E-state index is 12.6. The molecule has 2 rings (SSSR count). The summed E-state index contributed by atoms with van der Waals surface area (Å²) in [4.78, 5) is 11.8. The smallest absolute Gasteiger partial charge is 0.266 e. The van der Waals surface area contributed by atoms with Crippen LogP contribution in [0, 0.1) is 0 Å². The van der Waals surface area contributed by atoms with Gasteiger partial charge in [0.25, 0.3) is 5.56 Å². The van der Waals surface area contributed by atoms with E-state index in [4.69, 9.17) is 23.2 Å². The van der Waals surface area contributed by atoms with Gasteiger partial charge in [0.1, 0.15) is 5.02 Å². The highest BCUT2D eigenvalue weighted by Gasteiger charge is 2.30. The van der Waals surface area contributed by atoms with E-state index in [0.29, 0.717) is 0 Å². The molecular weight excluding hydrogens is 304 g/mol. The van der Waals surface area contributed by atoms with Crippen LogP contribution in [0.5, 0.6) is 0 Å². The number of rotatable bonds is 1. The van der Waals surface area contributed by atoms with Crippen molar-refractivity contribution in [3.63, 3.8) is 0 Å². The van der Waals surface area contributed by atoms with Gasteiger partial charge in [0.05, 0.1) is 22.5 Å². The Hall–Kier alpha value is -1.53. The molecule has 0 radical (unpaired) electrons. The minimum absolute atomic E-state index is 0.0432. The number of alkyl halides is 3. The summed E-state index contributed by atoms with van der Waals surface area (Å²) in [6, 6.07) is 4.19. The van der Waals surface area contributed by atoms with Crippen LogP contribution >= 0.6 is 23.2 Å². The monoisotopic (exact) mass is 308 g/mol. The third-order valence-electron chi connectivity index (χ3n) is 2.29. The molecule has 2 aromatic rings. The Morgan fingerprint density at radius 2 is 1.89 bits per heavy atom. The number of aromatic nitrogens is 2. The number of benzene rings is 1. The summed E-state index contributed by atoms with van der Waals surface area (Å²) in [6.07, 6.45) is -3.42. The average Bonchev–Trinajstić information content (AvgIpc) is 2.35. The minimum Gasteiger partial charge on any atom is -0.266 e. The maximum Gasteiger partial charge on any atom is 0.416 e. The molecule has 0 aliphatic carbocycles. The molecule has 100 valence electrons. The van der Waals surface area contributed by atoms with Gasteiger partial charge in [0.2, 0.25) is 0 Å². The Morgan fingerprint density at radius 1 is 1.21 bits per heavy atom. The molecule has 0 fully saturated rings. The minimum atomic E-state index is -4.50. The van der Waals surface area contributed by atoms with Crippen molar-refractivity contribution in [1.82, 2.24) is 9.78 Å². The highest BCUT2D eigenvalue weighted by atomic mass is 35.5. The van der Waals surface area contributed by atoms with Crippen molar-refractivity contribution >= 4 is 23.2 Å². The van der Waals surface area contributed by atoms with Gasteiger partial charge in [-0.3, -0.25) is 4.79 Å². The largest absolute Gasteiger partial charge is 0.416 e. The normalized spacial score (nSPS) is 11.6. The molecule has 8 heteroatoms. The van der Waals surface area contributed by atoms with E-state index >= 15 is 0 Å². The van der Waals surface area contributed by atoms with Gasteiger partial charge >= 0.3 is 6.18 Å². The zero-order valence-corrected chi connectivity index (χ0v) is 10.6. The molecule has 0 aliphatic rings. The first kappa shape index (κ1) is 13.9. The number of hydrogen-bond donors (Lipinski definition) is 0. The lowest BCUT2D eigenvalue weighted by Gasteiger charge is -2.09. The van der Waals surface area contributed by atoms with Gasteiger partial charge in [0, 0.05) is 0 Å². The van der Waals surface area contributed by atoms with Gasteiger partial charge in [-0.25, -0.2) is 0 Å². The van der Waals surface area contributed by atoms with E-state index in [-0.39, 0.29) is 15.7 Å². The summed E-state index contributed by atoms with van der Waals surface area (Å²) >= 11 is 11.2. The predicted octanol–water partition coefficient (Wildman–Crippen LogP) is 3.56. The summed E-state index contributed by atoms with van der Waals surface area (Å²) < 4.78 is 38.5. The third kappa shape index (κ3) is 2.74. The molecule has 0 bridgehead atoms. The van der Waals surface area contributed by atoms with E-state index in [1.165, 1.54) is 12.1 Å². The molecule has 1 aromatic heterocycles. The zero-order valence-electron chi connectivity index (χ0n) is 9.08. The number of halogens is 5. The molecule has 1 heterocycles. The van der Waals surface area contributed by atoms with E-state index in [0.717, 1.165) is 23.0 Å². The van der Waals surface area contributed by atoms with Crippen molar-refractivity contribution in [1.29, 1.82) is 0 Å². The van der Waals surface area contributed by atoms with Crippen LogP contribution in [0.1, 0.15) is 5.56 Å². The molecule has 0 unspecified atom stereocenters. The first-order chi connectivity index (χ1) is 8.80. The molecule has 0 amide bonds. The Balaban J connectivity index is 2.61. The van der Waals surface area contributed by atoms with E-state index in [9.17, 15) is 18.0 Å². The molecular formula is C11H5Cl2F3N2O. The lowest BCUT2D eigenvalue weighted by Crippen LogP contribution is -2.21. The van der Waals surface area contributed by atoms with Crippen molar-refractivity contribution in [3.8, 4) is 5.69 Å². The number of nitrogens with zero attached hydrogens (tertiary/aromatic N) is 2. The van der Waals surface area contributed by atoms with Crippen molar-refractivity contribution in [2.75, 3.05) is 0 Å². The Bertz CT molecular complexity index is 682. The van der Waals surface area contributed by atoms with Crippen molar-refractivity contribution in [2.45, 2.75) is 6.18 Å². The first-order valence-corrected chi connectivity index (χ1v) is 5.67. The maximum absolute atomic E-state index is 12.6. The van der Waals surface area contributed by atoms with Crippen LogP contribution in [0.25, 0.3) is 5.69 Å². The van der Waals surface area contributed by atoms with Crippen molar-refractivity contribution in [3.05, 3.63) is 56.4 Å². The molecule has 0 atom stereocenters. The highest BCUT2D eigenvalue weighted by Crippen LogP contribution is 2.30. The van der Waals surface area contributed by atoms with Gasteiger partial charge in [0.15, 0.2) is 0 Å². The molecule has 1 aromatic carbocycles. The van der Waals surface area contributed by atoms with Crippen molar-refractivity contribution < 1.29 is 13.2 Å². The topological polar surface area (TPSA) is 34.9 Å². The summed E-state index contributed by atoms with van der Waals surface area (Å²) in [5.41, 5.74) is -1.71. The van der Waals surface area contributed by atoms with E-state index in [1.807, 2.05) is 0 Å². The Morgan fingerprint density at radius 3 is 2.53 bits per heavy atom. The second-order valence-corrected chi connectivity index (χ2v) is 4.36. The lowest BCUT2D eigenvalue weighted by molar-refractivity contribution is -0.137. The Labute approximate surface area is 115 Å². The second-order valence-electron chi connectivity index (χ2n) is 3.57. The standard InChI is InChI=1S/C11H5Cl2F3N2O/c12-8-5-17-18(10(19)9(8)13)7-3-1-2-6(4-7)11(14,15)16/h1-5H. The molecule has 3 nitrogen and oxygen atoms in total. The van der Waals surface area contributed by atoms with E-state index in [2.05, 4.69) is 5.10 Å². The van der Waals surface area contributed by atoms with Crippen LogP contribution in [0.4, 0.5) is 13.2 Å². The lowest BCUT2D eigenvalue weighted by atomic mass is 10.2. The van der Waals surface area contributed by atoms with Gasteiger partial charge in [-0.1, -0.05) is 29.3 Å². The van der Waals surface area contributed by atoms with Crippen LogP contribution in [0.3, 0.4) is 0 Å². The van der Waals surface area contributed by atoms with Gasteiger partial charge < -0.3 is 0 Å². The predicted molar refractivity (Wildman–Crippen MR) is 64.9 cm³/mol. The van der Waals surface area contributed by atoms with E-state index < -0.39 is 17.3 Å². The van der Waals surface area contributed by atoms with Crippen LogP contribution < -0.4 is 5.56 Å². The zero-order chi connectivity index (χ0) is 14.2. The summed E-state index contributed by atoms with van der Waals surface area (Å²) in [5.74, 6) is 0. The molecule has 19 heavy (non-hydrogen) atoms. The second kappa shape index (κ2) is 4.86.